The number of anilines is 1. The average molecular weight is 322 g/mol. The number of hydrogen-bond donors (Lipinski definition) is 0. The van der Waals surface area contributed by atoms with Crippen LogP contribution >= 0.6 is 0 Å². The van der Waals surface area contributed by atoms with E-state index in [1.165, 1.54) is 5.56 Å². The summed E-state index contributed by atoms with van der Waals surface area (Å²) in [4.78, 5) is 13.6. The van der Waals surface area contributed by atoms with Gasteiger partial charge in [-0.2, -0.15) is 14.6 Å². The van der Waals surface area contributed by atoms with Crippen molar-refractivity contribution >= 4 is 11.6 Å². The highest BCUT2D eigenvalue weighted by Crippen LogP contribution is 2.18. The molecule has 0 atom stereocenters. The summed E-state index contributed by atoms with van der Waals surface area (Å²) in [5.41, 5.74) is 2.36. The van der Waals surface area contributed by atoms with Crippen LogP contribution in [0.1, 0.15) is 17.7 Å². The van der Waals surface area contributed by atoms with Crippen LogP contribution < -0.4 is 4.90 Å². The molecule has 0 N–H and O–H groups in total. The van der Waals surface area contributed by atoms with E-state index in [0.29, 0.717) is 5.78 Å². The van der Waals surface area contributed by atoms with Gasteiger partial charge in [-0.1, -0.05) is 30.3 Å². The van der Waals surface area contributed by atoms with E-state index in [2.05, 4.69) is 61.3 Å². The molecule has 3 heterocycles. The summed E-state index contributed by atoms with van der Waals surface area (Å²) in [5, 5.41) is 4.34. The largest absolute Gasteiger partial charge is 0.355 e. The molecule has 1 saturated heterocycles. The molecule has 1 aliphatic heterocycles. The summed E-state index contributed by atoms with van der Waals surface area (Å²) in [5.74, 6) is 1.77. The van der Waals surface area contributed by atoms with Gasteiger partial charge < -0.3 is 4.90 Å². The molecular weight excluding hydrogens is 300 g/mol. The van der Waals surface area contributed by atoms with Crippen molar-refractivity contribution in [3.05, 3.63) is 54.0 Å². The summed E-state index contributed by atoms with van der Waals surface area (Å²) >= 11 is 0. The molecule has 0 unspecified atom stereocenters. The zero-order valence-corrected chi connectivity index (χ0v) is 14.0. The normalized spacial score (nSPS) is 16.5. The Hall–Kier alpha value is -2.47. The highest BCUT2D eigenvalue weighted by molar-refractivity contribution is 5.47. The van der Waals surface area contributed by atoms with Crippen LogP contribution in [0.3, 0.4) is 0 Å². The third-order valence-electron chi connectivity index (χ3n) is 4.52. The fourth-order valence-corrected chi connectivity index (χ4v) is 3.34. The van der Waals surface area contributed by atoms with E-state index >= 15 is 0 Å². The first-order valence-corrected chi connectivity index (χ1v) is 8.48. The maximum absolute atomic E-state index is 4.44. The number of aromatic nitrogens is 4. The second-order valence-corrected chi connectivity index (χ2v) is 6.33. The van der Waals surface area contributed by atoms with Gasteiger partial charge in [0.05, 0.1) is 0 Å². The molecule has 1 fully saturated rings. The lowest BCUT2D eigenvalue weighted by molar-refractivity contribution is 0.285. The third kappa shape index (κ3) is 3.10. The molecule has 2 aromatic heterocycles. The van der Waals surface area contributed by atoms with E-state index in [0.717, 1.165) is 50.7 Å². The highest BCUT2D eigenvalue weighted by Gasteiger charge is 2.18. The standard InChI is InChI=1S/C18H22N6/c1-15-12-17(24-18(21-15)19-14-20-24)23-9-5-8-22(10-11-23)13-16-6-3-2-4-7-16/h2-4,6-7,12,14H,5,8-11,13H2,1H3. The van der Waals surface area contributed by atoms with Crippen molar-refractivity contribution in [3.63, 3.8) is 0 Å². The van der Waals surface area contributed by atoms with Crippen molar-refractivity contribution in [2.24, 2.45) is 0 Å². The SMILES string of the molecule is Cc1cc(N2CCCN(Cc3ccccc3)CC2)n2ncnc2n1. The van der Waals surface area contributed by atoms with Gasteiger partial charge in [-0.25, -0.2) is 4.98 Å². The summed E-state index contributed by atoms with van der Waals surface area (Å²) in [6, 6.07) is 12.8. The highest BCUT2D eigenvalue weighted by atomic mass is 15.4. The summed E-state index contributed by atoms with van der Waals surface area (Å²) < 4.78 is 1.85. The fraction of sp³-hybridized carbons (Fsp3) is 0.389. The van der Waals surface area contributed by atoms with Crippen LogP contribution in [0.4, 0.5) is 5.82 Å². The second-order valence-electron chi connectivity index (χ2n) is 6.33. The minimum atomic E-state index is 0.676. The van der Waals surface area contributed by atoms with Crippen molar-refractivity contribution in [1.29, 1.82) is 0 Å². The van der Waals surface area contributed by atoms with Gasteiger partial charge >= 0.3 is 0 Å². The van der Waals surface area contributed by atoms with Gasteiger partial charge in [0.15, 0.2) is 0 Å². The van der Waals surface area contributed by atoms with E-state index in [9.17, 15) is 0 Å². The fourth-order valence-electron chi connectivity index (χ4n) is 3.34. The quantitative estimate of drug-likeness (QED) is 0.739. The van der Waals surface area contributed by atoms with E-state index in [1.807, 2.05) is 11.4 Å². The van der Waals surface area contributed by atoms with Gasteiger partial charge in [0.2, 0.25) is 0 Å². The molecule has 0 bridgehead atoms. The number of aryl methyl sites for hydroxylation is 1. The molecule has 0 aliphatic carbocycles. The molecule has 4 rings (SSSR count). The van der Waals surface area contributed by atoms with Gasteiger partial charge in [0.1, 0.15) is 12.1 Å². The Morgan fingerprint density at radius 1 is 1.04 bits per heavy atom. The first kappa shape index (κ1) is 15.1. The predicted molar refractivity (Wildman–Crippen MR) is 94.1 cm³/mol. The second kappa shape index (κ2) is 6.57. The average Bonchev–Trinajstić information content (AvgIpc) is 2.94. The third-order valence-corrected chi connectivity index (χ3v) is 4.52. The molecule has 0 amide bonds. The topological polar surface area (TPSA) is 49.6 Å². The van der Waals surface area contributed by atoms with Crippen LogP contribution in [-0.2, 0) is 6.54 Å². The van der Waals surface area contributed by atoms with Crippen molar-refractivity contribution in [2.45, 2.75) is 19.9 Å². The molecule has 124 valence electrons. The van der Waals surface area contributed by atoms with E-state index in [1.54, 1.807) is 6.33 Å². The number of benzene rings is 1. The molecule has 24 heavy (non-hydrogen) atoms. The minimum Gasteiger partial charge on any atom is -0.355 e. The summed E-state index contributed by atoms with van der Waals surface area (Å²) in [6.07, 6.45) is 2.72. The van der Waals surface area contributed by atoms with E-state index in [4.69, 9.17) is 0 Å². The van der Waals surface area contributed by atoms with Gasteiger partial charge in [0.25, 0.3) is 5.78 Å². The molecular formula is C18H22N6. The zero-order valence-electron chi connectivity index (χ0n) is 14.0. The predicted octanol–water partition coefficient (Wildman–Crippen LogP) is 2.15. The molecule has 6 heteroatoms. The Bertz CT molecular complexity index is 813. The molecule has 0 spiro atoms. The van der Waals surface area contributed by atoms with Gasteiger partial charge in [-0.05, 0) is 18.9 Å². The molecule has 0 radical (unpaired) electrons. The van der Waals surface area contributed by atoms with Gasteiger partial charge in [0, 0.05) is 44.5 Å². The maximum Gasteiger partial charge on any atom is 0.254 e. The van der Waals surface area contributed by atoms with Crippen LogP contribution in [-0.4, -0.2) is 50.7 Å². The van der Waals surface area contributed by atoms with Crippen molar-refractivity contribution in [2.75, 3.05) is 31.1 Å². The van der Waals surface area contributed by atoms with Crippen LogP contribution in [0.5, 0.6) is 0 Å². The van der Waals surface area contributed by atoms with Crippen molar-refractivity contribution in [3.8, 4) is 0 Å². The Morgan fingerprint density at radius 2 is 1.92 bits per heavy atom. The van der Waals surface area contributed by atoms with Crippen LogP contribution in [0.2, 0.25) is 0 Å². The smallest absolute Gasteiger partial charge is 0.254 e. The molecule has 3 aromatic rings. The Kier molecular flexibility index (Phi) is 4.13. The number of rotatable bonds is 3. The van der Waals surface area contributed by atoms with Gasteiger partial charge in [-0.15, -0.1) is 0 Å². The molecule has 1 aromatic carbocycles. The van der Waals surface area contributed by atoms with Gasteiger partial charge in [-0.3, -0.25) is 4.90 Å². The minimum absolute atomic E-state index is 0.676. The zero-order chi connectivity index (χ0) is 16.4. The van der Waals surface area contributed by atoms with Crippen LogP contribution in [0.25, 0.3) is 5.78 Å². The molecule has 1 aliphatic rings. The Morgan fingerprint density at radius 3 is 2.79 bits per heavy atom. The Labute approximate surface area is 141 Å². The van der Waals surface area contributed by atoms with E-state index < -0.39 is 0 Å². The summed E-state index contributed by atoms with van der Waals surface area (Å²) in [6.45, 7) is 7.22. The molecule has 6 nitrogen and oxygen atoms in total. The number of nitrogens with zero attached hydrogens (tertiary/aromatic N) is 6. The Balaban J connectivity index is 1.51. The molecule has 0 saturated carbocycles. The number of hydrogen-bond acceptors (Lipinski definition) is 5. The first-order chi connectivity index (χ1) is 11.8. The maximum atomic E-state index is 4.44. The monoisotopic (exact) mass is 322 g/mol. The van der Waals surface area contributed by atoms with Crippen molar-refractivity contribution < 1.29 is 0 Å². The lowest BCUT2D eigenvalue weighted by atomic mass is 10.2. The lowest BCUT2D eigenvalue weighted by Crippen LogP contribution is -2.31. The summed E-state index contributed by atoms with van der Waals surface area (Å²) in [7, 11) is 0. The first-order valence-electron chi connectivity index (χ1n) is 8.48. The van der Waals surface area contributed by atoms with Crippen LogP contribution in [0, 0.1) is 6.92 Å². The van der Waals surface area contributed by atoms with Crippen LogP contribution in [0.15, 0.2) is 42.7 Å². The lowest BCUT2D eigenvalue weighted by Gasteiger charge is -2.24. The van der Waals surface area contributed by atoms with Crippen molar-refractivity contribution in [1.82, 2.24) is 24.5 Å². The van der Waals surface area contributed by atoms with E-state index in [-0.39, 0.29) is 0 Å². The number of fused-ring (bicyclic) bond motifs is 1.